The average Bonchev–Trinajstić information content (AvgIpc) is 2.28. The molecular formula is C14H30N2O. The van der Waals surface area contributed by atoms with Gasteiger partial charge < -0.3 is 16.2 Å². The molecule has 0 heterocycles. The molecule has 102 valence electrons. The summed E-state index contributed by atoms with van der Waals surface area (Å²) in [5, 5.41) is 13.2. The minimum absolute atomic E-state index is 0.0175. The second-order valence-corrected chi connectivity index (χ2v) is 6.34. The first-order chi connectivity index (χ1) is 8.00. The standard InChI is InChI=1S/C14H30N2O/c1-11(2)8-14(3,10-15)16-13-7-5-4-6-12(13)9-17/h11-13,16-17H,4-10,15H2,1-3H3. The molecule has 0 amide bonds. The molecule has 0 aromatic rings. The quantitative estimate of drug-likeness (QED) is 0.666. The molecule has 0 spiro atoms. The molecule has 1 aliphatic rings. The van der Waals surface area contributed by atoms with E-state index in [1.54, 1.807) is 0 Å². The van der Waals surface area contributed by atoms with Gasteiger partial charge in [-0.3, -0.25) is 0 Å². The molecule has 1 fully saturated rings. The summed E-state index contributed by atoms with van der Waals surface area (Å²) in [7, 11) is 0. The van der Waals surface area contributed by atoms with Gasteiger partial charge in [-0.1, -0.05) is 26.7 Å². The molecule has 3 unspecified atom stereocenters. The molecule has 0 radical (unpaired) electrons. The maximum atomic E-state index is 9.44. The normalized spacial score (nSPS) is 29.3. The summed E-state index contributed by atoms with van der Waals surface area (Å²) in [5.74, 6) is 1.06. The van der Waals surface area contributed by atoms with Crippen LogP contribution in [0.1, 0.15) is 52.9 Å². The first-order valence-electron chi connectivity index (χ1n) is 7.09. The van der Waals surface area contributed by atoms with E-state index in [0.717, 1.165) is 12.8 Å². The van der Waals surface area contributed by atoms with E-state index < -0.39 is 0 Å². The smallest absolute Gasteiger partial charge is 0.0474 e. The van der Waals surface area contributed by atoms with Crippen molar-refractivity contribution in [3.63, 3.8) is 0 Å². The number of hydrogen-bond donors (Lipinski definition) is 3. The summed E-state index contributed by atoms with van der Waals surface area (Å²) in [6.45, 7) is 7.66. The summed E-state index contributed by atoms with van der Waals surface area (Å²) >= 11 is 0. The maximum absolute atomic E-state index is 9.44. The Hall–Kier alpha value is -0.120. The summed E-state index contributed by atoms with van der Waals surface area (Å²) in [6.07, 6.45) is 5.96. The fourth-order valence-corrected chi connectivity index (χ4v) is 3.17. The van der Waals surface area contributed by atoms with Crippen molar-refractivity contribution in [1.29, 1.82) is 0 Å². The van der Waals surface area contributed by atoms with Gasteiger partial charge in [0.15, 0.2) is 0 Å². The van der Waals surface area contributed by atoms with E-state index in [1.165, 1.54) is 19.3 Å². The minimum Gasteiger partial charge on any atom is -0.396 e. The van der Waals surface area contributed by atoms with Crippen LogP contribution in [-0.2, 0) is 0 Å². The zero-order valence-corrected chi connectivity index (χ0v) is 11.7. The third-order valence-electron chi connectivity index (χ3n) is 3.99. The van der Waals surface area contributed by atoms with Crippen molar-refractivity contribution in [3.8, 4) is 0 Å². The molecular weight excluding hydrogens is 212 g/mol. The lowest BCUT2D eigenvalue weighted by Gasteiger charge is -2.40. The molecule has 0 aromatic carbocycles. The summed E-state index contributed by atoms with van der Waals surface area (Å²) in [4.78, 5) is 0. The van der Waals surface area contributed by atoms with E-state index in [-0.39, 0.29) is 5.54 Å². The first kappa shape index (κ1) is 14.9. The van der Waals surface area contributed by atoms with Crippen molar-refractivity contribution in [3.05, 3.63) is 0 Å². The van der Waals surface area contributed by atoms with Gasteiger partial charge in [0.25, 0.3) is 0 Å². The summed E-state index contributed by atoms with van der Waals surface area (Å²) < 4.78 is 0. The lowest BCUT2D eigenvalue weighted by atomic mass is 9.81. The van der Waals surface area contributed by atoms with Crippen LogP contribution in [0, 0.1) is 11.8 Å². The maximum Gasteiger partial charge on any atom is 0.0474 e. The van der Waals surface area contributed by atoms with Crippen LogP contribution in [-0.4, -0.2) is 29.8 Å². The van der Waals surface area contributed by atoms with Gasteiger partial charge >= 0.3 is 0 Å². The average molecular weight is 242 g/mol. The Labute approximate surface area is 106 Å². The van der Waals surface area contributed by atoms with Crippen molar-refractivity contribution in [2.45, 2.75) is 64.5 Å². The number of hydrogen-bond acceptors (Lipinski definition) is 3. The summed E-state index contributed by atoms with van der Waals surface area (Å²) in [5.41, 5.74) is 5.95. The zero-order valence-electron chi connectivity index (χ0n) is 11.7. The highest BCUT2D eigenvalue weighted by atomic mass is 16.3. The van der Waals surface area contributed by atoms with Crippen LogP contribution < -0.4 is 11.1 Å². The van der Waals surface area contributed by atoms with Gasteiger partial charge in [-0.25, -0.2) is 0 Å². The predicted octanol–water partition coefficient (Wildman–Crippen LogP) is 1.89. The highest BCUT2D eigenvalue weighted by molar-refractivity contribution is 4.92. The van der Waals surface area contributed by atoms with Crippen LogP contribution in [0.4, 0.5) is 0 Å². The van der Waals surface area contributed by atoms with Crippen molar-refractivity contribution < 1.29 is 5.11 Å². The van der Waals surface area contributed by atoms with E-state index in [9.17, 15) is 5.11 Å². The van der Waals surface area contributed by atoms with E-state index in [0.29, 0.717) is 31.0 Å². The third kappa shape index (κ3) is 4.57. The van der Waals surface area contributed by atoms with Crippen molar-refractivity contribution in [2.24, 2.45) is 17.6 Å². The van der Waals surface area contributed by atoms with Crippen molar-refractivity contribution in [1.82, 2.24) is 5.32 Å². The van der Waals surface area contributed by atoms with Crippen LogP contribution in [0.15, 0.2) is 0 Å². The van der Waals surface area contributed by atoms with E-state index >= 15 is 0 Å². The molecule has 17 heavy (non-hydrogen) atoms. The number of aliphatic hydroxyl groups is 1. The third-order valence-corrected chi connectivity index (χ3v) is 3.99. The van der Waals surface area contributed by atoms with Crippen LogP contribution in [0.5, 0.6) is 0 Å². The molecule has 0 aliphatic heterocycles. The number of nitrogens with one attached hydrogen (secondary N) is 1. The molecule has 0 aromatic heterocycles. The lowest BCUT2D eigenvalue weighted by Crippen LogP contribution is -2.56. The molecule has 3 heteroatoms. The molecule has 1 aliphatic carbocycles. The Morgan fingerprint density at radius 2 is 2.00 bits per heavy atom. The molecule has 4 N–H and O–H groups in total. The topological polar surface area (TPSA) is 58.3 Å². The zero-order chi connectivity index (χ0) is 12.9. The monoisotopic (exact) mass is 242 g/mol. The highest BCUT2D eigenvalue weighted by Crippen LogP contribution is 2.27. The Bertz CT molecular complexity index is 220. The molecule has 0 bridgehead atoms. The van der Waals surface area contributed by atoms with Gasteiger partial charge in [0.05, 0.1) is 0 Å². The molecule has 0 saturated heterocycles. The molecule has 3 atom stereocenters. The fraction of sp³-hybridized carbons (Fsp3) is 1.00. The van der Waals surface area contributed by atoms with E-state index in [2.05, 4.69) is 26.1 Å². The van der Waals surface area contributed by atoms with Crippen LogP contribution >= 0.6 is 0 Å². The van der Waals surface area contributed by atoms with Crippen molar-refractivity contribution in [2.75, 3.05) is 13.2 Å². The SMILES string of the molecule is CC(C)CC(C)(CN)NC1CCCCC1CO. The predicted molar refractivity (Wildman–Crippen MR) is 72.9 cm³/mol. The molecule has 1 saturated carbocycles. The Morgan fingerprint density at radius 1 is 1.35 bits per heavy atom. The van der Waals surface area contributed by atoms with Gasteiger partial charge in [-0.05, 0) is 38.0 Å². The van der Waals surface area contributed by atoms with Crippen LogP contribution in [0.25, 0.3) is 0 Å². The van der Waals surface area contributed by atoms with Gasteiger partial charge in [0, 0.05) is 24.7 Å². The highest BCUT2D eigenvalue weighted by Gasteiger charge is 2.31. The Kier molecular flexibility index (Phi) is 5.90. The van der Waals surface area contributed by atoms with E-state index in [1.807, 2.05) is 0 Å². The van der Waals surface area contributed by atoms with Gasteiger partial charge in [-0.2, -0.15) is 0 Å². The first-order valence-corrected chi connectivity index (χ1v) is 7.09. The number of aliphatic hydroxyl groups excluding tert-OH is 1. The van der Waals surface area contributed by atoms with Crippen molar-refractivity contribution >= 4 is 0 Å². The fourth-order valence-electron chi connectivity index (χ4n) is 3.17. The summed E-state index contributed by atoms with van der Waals surface area (Å²) in [6, 6.07) is 0.445. The molecule has 1 rings (SSSR count). The van der Waals surface area contributed by atoms with Crippen LogP contribution in [0.2, 0.25) is 0 Å². The molecule has 3 nitrogen and oxygen atoms in total. The van der Waals surface area contributed by atoms with Gasteiger partial charge in [0.1, 0.15) is 0 Å². The van der Waals surface area contributed by atoms with Gasteiger partial charge in [0.2, 0.25) is 0 Å². The lowest BCUT2D eigenvalue weighted by molar-refractivity contribution is 0.125. The minimum atomic E-state index is 0.0175. The Balaban J connectivity index is 2.58. The number of nitrogens with two attached hydrogens (primary N) is 1. The van der Waals surface area contributed by atoms with E-state index in [4.69, 9.17) is 5.73 Å². The number of rotatable bonds is 6. The van der Waals surface area contributed by atoms with Gasteiger partial charge in [-0.15, -0.1) is 0 Å². The second-order valence-electron chi connectivity index (χ2n) is 6.34. The second kappa shape index (κ2) is 6.72. The Morgan fingerprint density at radius 3 is 2.53 bits per heavy atom. The van der Waals surface area contributed by atoms with Crippen LogP contribution in [0.3, 0.4) is 0 Å². The largest absolute Gasteiger partial charge is 0.396 e.